The van der Waals surface area contributed by atoms with Crippen LogP contribution in [0.15, 0.2) is 42.6 Å². The molecule has 122 valence electrons. The molecule has 0 saturated heterocycles. The van der Waals surface area contributed by atoms with Crippen LogP contribution in [0.3, 0.4) is 0 Å². The molecule has 24 heavy (non-hydrogen) atoms. The zero-order chi connectivity index (χ0) is 17.4. The van der Waals surface area contributed by atoms with E-state index in [9.17, 15) is 14.9 Å². The number of carbonyl (C=O) groups is 1. The number of nitro groups is 1. The molecule has 0 aliphatic carbocycles. The highest BCUT2D eigenvalue weighted by Gasteiger charge is 2.20. The van der Waals surface area contributed by atoms with Gasteiger partial charge < -0.3 is 5.73 Å². The van der Waals surface area contributed by atoms with Crippen LogP contribution in [0.1, 0.15) is 15.9 Å². The lowest BCUT2D eigenvalue weighted by molar-refractivity contribution is -0.384. The van der Waals surface area contributed by atoms with Crippen LogP contribution in [0, 0.1) is 10.1 Å². The van der Waals surface area contributed by atoms with E-state index in [0.29, 0.717) is 10.5 Å². The van der Waals surface area contributed by atoms with E-state index in [1.165, 1.54) is 16.7 Å². The molecule has 0 aliphatic rings. The van der Waals surface area contributed by atoms with Crippen molar-refractivity contribution in [2.24, 2.45) is 5.73 Å². The van der Waals surface area contributed by atoms with Crippen LogP contribution in [-0.4, -0.2) is 15.4 Å². The standard InChI is InChI=1S/C16H11Cl2N3O3/c17-12-5-4-9(6-14(12)21(23)24)16(22)20-8-10(7-19)11-2-1-3-13(18)15(11)20/h1-6,8H,7,19H2. The highest BCUT2D eigenvalue weighted by molar-refractivity contribution is 6.36. The molecule has 3 aromatic rings. The van der Waals surface area contributed by atoms with Gasteiger partial charge in [-0.25, -0.2) is 0 Å². The average Bonchev–Trinajstić information content (AvgIpc) is 2.94. The minimum absolute atomic E-state index is 0.0328. The van der Waals surface area contributed by atoms with E-state index in [-0.39, 0.29) is 22.8 Å². The summed E-state index contributed by atoms with van der Waals surface area (Å²) in [7, 11) is 0. The zero-order valence-corrected chi connectivity index (χ0v) is 13.7. The summed E-state index contributed by atoms with van der Waals surface area (Å²) in [5, 5.41) is 12.1. The maximum atomic E-state index is 12.8. The predicted molar refractivity (Wildman–Crippen MR) is 92.7 cm³/mol. The Hall–Kier alpha value is -2.41. The van der Waals surface area contributed by atoms with Gasteiger partial charge in [-0.15, -0.1) is 0 Å². The Morgan fingerprint density at radius 1 is 1.21 bits per heavy atom. The van der Waals surface area contributed by atoms with Gasteiger partial charge in [0.05, 0.1) is 15.5 Å². The minimum Gasteiger partial charge on any atom is -0.326 e. The minimum atomic E-state index is -0.634. The molecular formula is C16H11Cl2N3O3. The molecule has 2 aromatic carbocycles. The lowest BCUT2D eigenvalue weighted by atomic mass is 10.1. The van der Waals surface area contributed by atoms with Crippen LogP contribution in [0.2, 0.25) is 10.0 Å². The molecule has 0 atom stereocenters. The van der Waals surface area contributed by atoms with Gasteiger partial charge in [-0.05, 0) is 23.8 Å². The van der Waals surface area contributed by atoms with Crippen molar-refractivity contribution in [1.82, 2.24) is 4.57 Å². The Balaban J connectivity index is 2.20. The van der Waals surface area contributed by atoms with Crippen molar-refractivity contribution < 1.29 is 9.72 Å². The van der Waals surface area contributed by atoms with Gasteiger partial charge in [0.2, 0.25) is 0 Å². The van der Waals surface area contributed by atoms with E-state index < -0.39 is 10.8 Å². The van der Waals surface area contributed by atoms with Gasteiger partial charge in [0.15, 0.2) is 0 Å². The third-order valence-electron chi connectivity index (χ3n) is 3.69. The Bertz CT molecular complexity index is 982. The first-order valence-electron chi connectivity index (χ1n) is 6.91. The molecule has 0 aliphatic heterocycles. The van der Waals surface area contributed by atoms with Gasteiger partial charge in [0.25, 0.3) is 11.6 Å². The van der Waals surface area contributed by atoms with Gasteiger partial charge in [-0.2, -0.15) is 0 Å². The van der Waals surface area contributed by atoms with E-state index in [4.69, 9.17) is 28.9 Å². The number of fused-ring (bicyclic) bond motifs is 1. The molecule has 0 spiro atoms. The first kappa shape index (κ1) is 16.4. The number of aromatic nitrogens is 1. The number of hydrogen-bond acceptors (Lipinski definition) is 4. The number of rotatable bonds is 3. The number of nitrogens with zero attached hydrogens (tertiary/aromatic N) is 2. The Kier molecular flexibility index (Phi) is 4.28. The molecule has 1 aromatic heterocycles. The Morgan fingerprint density at radius 2 is 1.96 bits per heavy atom. The van der Waals surface area contributed by atoms with Crippen molar-refractivity contribution in [3.63, 3.8) is 0 Å². The zero-order valence-electron chi connectivity index (χ0n) is 12.2. The summed E-state index contributed by atoms with van der Waals surface area (Å²) in [6, 6.07) is 9.16. The van der Waals surface area contributed by atoms with Crippen molar-refractivity contribution in [2.45, 2.75) is 6.54 Å². The maximum Gasteiger partial charge on any atom is 0.288 e. The summed E-state index contributed by atoms with van der Waals surface area (Å²) in [5.41, 5.74) is 6.80. The lowest BCUT2D eigenvalue weighted by Crippen LogP contribution is -2.11. The smallest absolute Gasteiger partial charge is 0.288 e. The Morgan fingerprint density at radius 3 is 2.62 bits per heavy atom. The summed E-state index contributed by atoms with van der Waals surface area (Å²) in [4.78, 5) is 23.2. The molecule has 0 bridgehead atoms. The molecule has 8 heteroatoms. The van der Waals surface area contributed by atoms with Crippen molar-refractivity contribution >= 4 is 45.7 Å². The summed E-state index contributed by atoms with van der Waals surface area (Å²) in [6.07, 6.45) is 1.60. The van der Waals surface area contributed by atoms with Crippen molar-refractivity contribution in [2.75, 3.05) is 0 Å². The molecule has 0 saturated carbocycles. The normalized spacial score (nSPS) is 11.0. The molecule has 0 radical (unpaired) electrons. The summed E-state index contributed by atoms with van der Waals surface area (Å²) < 4.78 is 1.35. The summed E-state index contributed by atoms with van der Waals surface area (Å²) in [6.45, 7) is 0.234. The molecule has 1 heterocycles. The molecule has 0 amide bonds. The van der Waals surface area contributed by atoms with Gasteiger partial charge in [0.1, 0.15) is 5.02 Å². The van der Waals surface area contributed by atoms with E-state index in [1.54, 1.807) is 18.3 Å². The number of carbonyl (C=O) groups excluding carboxylic acids is 1. The highest BCUT2D eigenvalue weighted by atomic mass is 35.5. The quantitative estimate of drug-likeness (QED) is 0.562. The maximum absolute atomic E-state index is 12.8. The number of para-hydroxylation sites is 1. The number of hydrogen-bond donors (Lipinski definition) is 1. The van der Waals surface area contributed by atoms with Crippen LogP contribution in [0.4, 0.5) is 5.69 Å². The van der Waals surface area contributed by atoms with E-state index in [1.807, 2.05) is 6.07 Å². The SMILES string of the molecule is NCc1cn(C(=O)c2ccc(Cl)c([N+](=O)[O-])c2)c2c(Cl)cccc12. The van der Waals surface area contributed by atoms with Gasteiger partial charge in [-0.3, -0.25) is 19.5 Å². The number of nitrogens with two attached hydrogens (primary N) is 1. The third-order valence-corrected chi connectivity index (χ3v) is 4.31. The van der Waals surface area contributed by atoms with Crippen molar-refractivity contribution in [3.05, 3.63) is 73.9 Å². The van der Waals surface area contributed by atoms with Crippen LogP contribution in [-0.2, 0) is 6.54 Å². The molecule has 0 fully saturated rings. The predicted octanol–water partition coefficient (Wildman–Crippen LogP) is 4.00. The van der Waals surface area contributed by atoms with Crippen LogP contribution >= 0.6 is 23.2 Å². The first-order chi connectivity index (χ1) is 11.4. The molecular weight excluding hydrogens is 353 g/mol. The number of halogens is 2. The molecule has 3 rings (SSSR count). The fourth-order valence-electron chi connectivity index (χ4n) is 2.56. The van der Waals surface area contributed by atoms with Crippen molar-refractivity contribution in [3.8, 4) is 0 Å². The topological polar surface area (TPSA) is 91.2 Å². The highest BCUT2D eigenvalue weighted by Crippen LogP contribution is 2.30. The van der Waals surface area contributed by atoms with Gasteiger partial charge >= 0.3 is 0 Å². The van der Waals surface area contributed by atoms with E-state index >= 15 is 0 Å². The van der Waals surface area contributed by atoms with Crippen LogP contribution in [0.5, 0.6) is 0 Å². The number of benzene rings is 2. The third kappa shape index (κ3) is 2.65. The van der Waals surface area contributed by atoms with Gasteiger partial charge in [0, 0.05) is 29.8 Å². The van der Waals surface area contributed by atoms with E-state index in [0.717, 1.165) is 17.0 Å². The number of nitro benzene ring substituents is 1. The van der Waals surface area contributed by atoms with E-state index in [2.05, 4.69) is 0 Å². The van der Waals surface area contributed by atoms with Crippen molar-refractivity contribution in [1.29, 1.82) is 0 Å². The lowest BCUT2D eigenvalue weighted by Gasteiger charge is -2.06. The largest absolute Gasteiger partial charge is 0.326 e. The monoisotopic (exact) mass is 363 g/mol. The second-order valence-corrected chi connectivity index (χ2v) is 5.91. The molecule has 0 unspecified atom stereocenters. The molecule has 2 N–H and O–H groups in total. The fourth-order valence-corrected chi connectivity index (χ4v) is 3.01. The molecule has 6 nitrogen and oxygen atoms in total. The first-order valence-corrected chi connectivity index (χ1v) is 7.66. The summed E-state index contributed by atoms with van der Waals surface area (Å²) in [5.74, 6) is -0.451. The summed E-state index contributed by atoms with van der Waals surface area (Å²) >= 11 is 12.0. The van der Waals surface area contributed by atoms with Crippen LogP contribution in [0.25, 0.3) is 10.9 Å². The van der Waals surface area contributed by atoms with Crippen LogP contribution < -0.4 is 5.73 Å². The van der Waals surface area contributed by atoms with Gasteiger partial charge in [-0.1, -0.05) is 35.3 Å². The Labute approximate surface area is 146 Å². The fraction of sp³-hybridized carbons (Fsp3) is 0.0625. The average molecular weight is 364 g/mol. The second-order valence-electron chi connectivity index (χ2n) is 5.09. The second kappa shape index (κ2) is 6.24.